The van der Waals surface area contributed by atoms with Gasteiger partial charge in [0.15, 0.2) is 0 Å². The lowest BCUT2D eigenvalue weighted by atomic mass is 10.0. The standard InChI is InChI=1S/C22H43NO4/c1-3-4-5-6-7-8-9-10-11-12-13-14-15-16-19-27-21(24)18-17-20(23)22(25)26-2/h20H,3-19,23H2,1-2H3/t20-/m0/s1. The van der Waals surface area contributed by atoms with E-state index in [4.69, 9.17) is 10.5 Å². The average Bonchev–Trinajstić information content (AvgIpc) is 2.68. The second kappa shape index (κ2) is 19.7. The van der Waals surface area contributed by atoms with Crippen LogP contribution in [0.5, 0.6) is 0 Å². The summed E-state index contributed by atoms with van der Waals surface area (Å²) in [6.07, 6.45) is 18.7. The third-order valence-corrected chi connectivity index (χ3v) is 4.92. The topological polar surface area (TPSA) is 78.6 Å². The van der Waals surface area contributed by atoms with Crippen LogP contribution >= 0.6 is 0 Å². The van der Waals surface area contributed by atoms with Gasteiger partial charge in [-0.1, -0.05) is 90.4 Å². The molecule has 0 aliphatic rings. The molecule has 0 bridgehead atoms. The minimum absolute atomic E-state index is 0.162. The van der Waals surface area contributed by atoms with Gasteiger partial charge >= 0.3 is 11.9 Å². The van der Waals surface area contributed by atoms with Crippen LogP contribution in [-0.4, -0.2) is 31.7 Å². The Bertz CT molecular complexity index is 360. The highest BCUT2D eigenvalue weighted by Crippen LogP contribution is 2.13. The first kappa shape index (κ1) is 25.9. The van der Waals surface area contributed by atoms with Crippen molar-refractivity contribution in [3.63, 3.8) is 0 Å². The normalized spacial score (nSPS) is 12.0. The van der Waals surface area contributed by atoms with Crippen molar-refractivity contribution in [1.82, 2.24) is 0 Å². The molecule has 0 rings (SSSR count). The fraction of sp³-hybridized carbons (Fsp3) is 0.909. The number of hydrogen-bond donors (Lipinski definition) is 1. The maximum absolute atomic E-state index is 11.6. The molecule has 0 aromatic heterocycles. The summed E-state index contributed by atoms with van der Waals surface area (Å²) in [6, 6.07) is -0.747. The average molecular weight is 386 g/mol. The zero-order valence-electron chi connectivity index (χ0n) is 17.8. The third kappa shape index (κ3) is 18.0. The minimum Gasteiger partial charge on any atom is -0.468 e. The molecule has 0 aliphatic heterocycles. The number of carbonyl (C=O) groups excluding carboxylic acids is 2. The molecular formula is C22H43NO4. The number of ether oxygens (including phenoxy) is 2. The van der Waals surface area contributed by atoms with Crippen LogP contribution in [0.25, 0.3) is 0 Å². The lowest BCUT2D eigenvalue weighted by molar-refractivity contribution is -0.145. The fourth-order valence-corrected chi connectivity index (χ4v) is 3.10. The monoisotopic (exact) mass is 385 g/mol. The number of rotatable bonds is 19. The number of unbranched alkanes of at least 4 members (excludes halogenated alkanes) is 13. The Morgan fingerprint density at radius 3 is 1.67 bits per heavy atom. The van der Waals surface area contributed by atoms with Gasteiger partial charge in [0.1, 0.15) is 6.04 Å². The molecule has 0 amide bonds. The highest BCUT2D eigenvalue weighted by Gasteiger charge is 2.15. The molecule has 0 aliphatic carbocycles. The lowest BCUT2D eigenvalue weighted by Crippen LogP contribution is -2.32. The molecule has 0 fully saturated rings. The van der Waals surface area contributed by atoms with Crippen molar-refractivity contribution in [3.8, 4) is 0 Å². The van der Waals surface area contributed by atoms with E-state index in [0.29, 0.717) is 6.61 Å². The quantitative estimate of drug-likeness (QED) is 0.241. The van der Waals surface area contributed by atoms with E-state index in [1.165, 1.54) is 84.2 Å². The predicted molar refractivity (Wildman–Crippen MR) is 110 cm³/mol. The third-order valence-electron chi connectivity index (χ3n) is 4.92. The molecule has 2 N–H and O–H groups in total. The molecule has 0 heterocycles. The predicted octanol–water partition coefficient (Wildman–Crippen LogP) is 5.29. The van der Waals surface area contributed by atoms with Crippen LogP contribution in [0.3, 0.4) is 0 Å². The molecule has 27 heavy (non-hydrogen) atoms. The van der Waals surface area contributed by atoms with Crippen LogP contribution in [0.1, 0.15) is 110 Å². The largest absolute Gasteiger partial charge is 0.468 e. The van der Waals surface area contributed by atoms with Crippen LogP contribution in [0, 0.1) is 0 Å². The van der Waals surface area contributed by atoms with Crippen molar-refractivity contribution in [2.75, 3.05) is 13.7 Å². The van der Waals surface area contributed by atoms with Gasteiger partial charge in [-0.3, -0.25) is 9.59 Å². The van der Waals surface area contributed by atoms with Crippen molar-refractivity contribution in [2.45, 2.75) is 116 Å². The zero-order chi connectivity index (χ0) is 20.2. The molecule has 0 saturated carbocycles. The Labute approximate surface area is 166 Å². The molecule has 0 aromatic rings. The maximum atomic E-state index is 11.6. The van der Waals surface area contributed by atoms with Crippen molar-refractivity contribution in [3.05, 3.63) is 0 Å². The Morgan fingerprint density at radius 1 is 0.778 bits per heavy atom. The van der Waals surface area contributed by atoms with E-state index < -0.39 is 12.0 Å². The van der Waals surface area contributed by atoms with E-state index in [1.807, 2.05) is 0 Å². The van der Waals surface area contributed by atoms with E-state index in [-0.39, 0.29) is 18.8 Å². The van der Waals surface area contributed by atoms with Gasteiger partial charge < -0.3 is 15.2 Å². The summed E-state index contributed by atoms with van der Waals surface area (Å²) in [6.45, 7) is 2.73. The van der Waals surface area contributed by atoms with Crippen LogP contribution in [0.15, 0.2) is 0 Å². The summed E-state index contributed by atoms with van der Waals surface area (Å²) in [5.74, 6) is -0.779. The van der Waals surface area contributed by atoms with Crippen molar-refractivity contribution in [1.29, 1.82) is 0 Å². The number of methoxy groups -OCH3 is 1. The second-order valence-electron chi connectivity index (χ2n) is 7.48. The van der Waals surface area contributed by atoms with Gasteiger partial charge in [0.2, 0.25) is 0 Å². The highest BCUT2D eigenvalue weighted by molar-refractivity contribution is 5.76. The molecular weight excluding hydrogens is 342 g/mol. The summed E-state index contributed by atoms with van der Waals surface area (Å²) in [4.78, 5) is 22.7. The van der Waals surface area contributed by atoms with Gasteiger partial charge in [-0.05, 0) is 12.8 Å². The Balaban J connectivity index is 3.24. The molecule has 0 saturated heterocycles. The molecule has 5 nitrogen and oxygen atoms in total. The van der Waals surface area contributed by atoms with Crippen molar-refractivity contribution < 1.29 is 19.1 Å². The van der Waals surface area contributed by atoms with Crippen molar-refractivity contribution >= 4 is 11.9 Å². The van der Waals surface area contributed by atoms with E-state index >= 15 is 0 Å². The number of hydrogen-bond acceptors (Lipinski definition) is 5. The first-order chi connectivity index (χ1) is 13.1. The summed E-state index contributed by atoms with van der Waals surface area (Å²) in [5.41, 5.74) is 5.58. The number of carbonyl (C=O) groups is 2. The van der Waals surface area contributed by atoms with Crippen LogP contribution in [-0.2, 0) is 19.1 Å². The van der Waals surface area contributed by atoms with Crippen molar-refractivity contribution in [2.24, 2.45) is 5.73 Å². The maximum Gasteiger partial charge on any atom is 0.322 e. The van der Waals surface area contributed by atoms with E-state index in [2.05, 4.69) is 11.7 Å². The summed E-state index contributed by atoms with van der Waals surface area (Å²) < 4.78 is 9.68. The van der Waals surface area contributed by atoms with Gasteiger partial charge in [-0.25, -0.2) is 0 Å². The first-order valence-corrected chi connectivity index (χ1v) is 11.1. The molecule has 0 aromatic carbocycles. The Morgan fingerprint density at radius 2 is 1.22 bits per heavy atom. The van der Waals surface area contributed by atoms with Gasteiger partial charge in [-0.15, -0.1) is 0 Å². The zero-order valence-corrected chi connectivity index (χ0v) is 17.8. The van der Waals surface area contributed by atoms with Crippen LogP contribution in [0.4, 0.5) is 0 Å². The molecule has 160 valence electrons. The lowest BCUT2D eigenvalue weighted by Gasteiger charge is -2.09. The fourth-order valence-electron chi connectivity index (χ4n) is 3.10. The van der Waals surface area contributed by atoms with E-state index in [9.17, 15) is 9.59 Å². The summed E-state index contributed by atoms with van der Waals surface area (Å²) in [5, 5.41) is 0. The molecule has 0 spiro atoms. The summed E-state index contributed by atoms with van der Waals surface area (Å²) >= 11 is 0. The second-order valence-corrected chi connectivity index (χ2v) is 7.48. The Hall–Kier alpha value is -1.10. The van der Waals surface area contributed by atoms with Crippen LogP contribution in [0.2, 0.25) is 0 Å². The number of nitrogens with two attached hydrogens (primary N) is 1. The smallest absolute Gasteiger partial charge is 0.322 e. The van der Waals surface area contributed by atoms with Crippen LogP contribution < -0.4 is 5.73 Å². The minimum atomic E-state index is -0.747. The van der Waals surface area contributed by atoms with Gasteiger partial charge in [-0.2, -0.15) is 0 Å². The van der Waals surface area contributed by atoms with Gasteiger partial charge in [0.25, 0.3) is 0 Å². The molecule has 1 atom stereocenters. The molecule has 5 heteroatoms. The molecule has 0 radical (unpaired) electrons. The number of esters is 2. The molecule has 0 unspecified atom stereocenters. The van der Waals surface area contributed by atoms with Gasteiger partial charge in [0, 0.05) is 6.42 Å². The summed E-state index contributed by atoms with van der Waals surface area (Å²) in [7, 11) is 1.29. The Kier molecular flexibility index (Phi) is 18.9. The SMILES string of the molecule is CCCCCCCCCCCCCCCCOC(=O)CC[C@H](N)C(=O)OC. The van der Waals surface area contributed by atoms with E-state index in [0.717, 1.165) is 12.8 Å². The first-order valence-electron chi connectivity index (χ1n) is 11.1. The highest BCUT2D eigenvalue weighted by atomic mass is 16.5. The van der Waals surface area contributed by atoms with Gasteiger partial charge in [0.05, 0.1) is 13.7 Å². The van der Waals surface area contributed by atoms with E-state index in [1.54, 1.807) is 0 Å².